The van der Waals surface area contributed by atoms with Gasteiger partial charge in [0.05, 0.1) is 18.2 Å². The first kappa shape index (κ1) is 17.7. The van der Waals surface area contributed by atoms with E-state index in [1.807, 2.05) is 42.5 Å². The molecule has 3 nitrogen and oxygen atoms in total. The summed E-state index contributed by atoms with van der Waals surface area (Å²) in [4.78, 5) is 12.1. The van der Waals surface area contributed by atoms with E-state index in [0.29, 0.717) is 0 Å². The second-order valence-electron chi connectivity index (χ2n) is 5.69. The van der Waals surface area contributed by atoms with Gasteiger partial charge in [-0.2, -0.15) is 18.3 Å². The number of rotatable bonds is 4. The number of alkyl halides is 3. The molecule has 0 unspecified atom stereocenters. The van der Waals surface area contributed by atoms with Crippen LogP contribution in [0, 0.1) is 0 Å². The molecule has 0 aromatic heterocycles. The predicted molar refractivity (Wildman–Crippen MR) is 94.8 cm³/mol. The number of halogens is 3. The van der Waals surface area contributed by atoms with Crippen LogP contribution >= 0.6 is 0 Å². The highest BCUT2D eigenvalue weighted by Crippen LogP contribution is 2.31. The predicted octanol–water partition coefficient (Wildman–Crippen LogP) is 4.55. The summed E-state index contributed by atoms with van der Waals surface area (Å²) in [5.74, 6) is -0.401. The molecule has 0 aliphatic carbocycles. The van der Waals surface area contributed by atoms with Crippen molar-refractivity contribution < 1.29 is 18.0 Å². The third kappa shape index (κ3) is 4.08. The summed E-state index contributed by atoms with van der Waals surface area (Å²) in [5, 5.41) is 5.64. The maximum Gasteiger partial charge on any atom is 0.417 e. The first-order chi connectivity index (χ1) is 12.4. The Morgan fingerprint density at radius 3 is 2.46 bits per heavy atom. The van der Waals surface area contributed by atoms with E-state index in [2.05, 4.69) is 10.5 Å². The highest BCUT2D eigenvalue weighted by molar-refractivity contribution is 5.90. The van der Waals surface area contributed by atoms with Crippen LogP contribution in [0.4, 0.5) is 13.2 Å². The van der Waals surface area contributed by atoms with E-state index in [1.165, 1.54) is 18.2 Å². The summed E-state index contributed by atoms with van der Waals surface area (Å²) < 4.78 is 38.8. The van der Waals surface area contributed by atoms with Crippen LogP contribution in [0.25, 0.3) is 10.8 Å². The van der Waals surface area contributed by atoms with Crippen LogP contribution in [0.15, 0.2) is 71.8 Å². The molecule has 6 heteroatoms. The normalized spacial score (nSPS) is 11.8. The lowest BCUT2D eigenvalue weighted by atomic mass is 10.0. The fourth-order valence-corrected chi connectivity index (χ4v) is 2.70. The lowest BCUT2D eigenvalue weighted by Gasteiger charge is -2.09. The number of hydrogen-bond donors (Lipinski definition) is 1. The maximum absolute atomic E-state index is 12.9. The molecule has 1 N–H and O–H groups in total. The van der Waals surface area contributed by atoms with Crippen molar-refractivity contribution in [1.82, 2.24) is 5.43 Å². The van der Waals surface area contributed by atoms with Crippen LogP contribution in [-0.2, 0) is 17.4 Å². The van der Waals surface area contributed by atoms with Gasteiger partial charge in [0.15, 0.2) is 0 Å². The van der Waals surface area contributed by atoms with Gasteiger partial charge in [-0.1, -0.05) is 60.7 Å². The zero-order valence-electron chi connectivity index (χ0n) is 13.6. The minimum atomic E-state index is -4.48. The molecule has 3 rings (SSSR count). The minimum Gasteiger partial charge on any atom is -0.273 e. The van der Waals surface area contributed by atoms with Gasteiger partial charge in [0.1, 0.15) is 0 Å². The van der Waals surface area contributed by atoms with Crippen molar-refractivity contribution >= 4 is 22.9 Å². The fourth-order valence-electron chi connectivity index (χ4n) is 2.70. The van der Waals surface area contributed by atoms with Gasteiger partial charge in [-0.3, -0.25) is 4.79 Å². The monoisotopic (exact) mass is 356 g/mol. The molecular weight excluding hydrogens is 341 g/mol. The van der Waals surface area contributed by atoms with Crippen molar-refractivity contribution in [2.45, 2.75) is 12.6 Å². The number of carbonyl (C=O) groups excluding carboxylic acids is 1. The van der Waals surface area contributed by atoms with Gasteiger partial charge in [-0.25, -0.2) is 5.43 Å². The second-order valence-corrected chi connectivity index (χ2v) is 5.69. The summed E-state index contributed by atoms with van der Waals surface area (Å²) in [5.41, 5.74) is 2.21. The Balaban J connectivity index is 1.71. The Morgan fingerprint density at radius 1 is 0.962 bits per heavy atom. The highest BCUT2D eigenvalue weighted by Gasteiger charge is 2.32. The smallest absolute Gasteiger partial charge is 0.273 e. The summed E-state index contributed by atoms with van der Waals surface area (Å²) in [6.45, 7) is 0. The topological polar surface area (TPSA) is 41.5 Å². The number of hydrogen-bond acceptors (Lipinski definition) is 2. The number of hydrazone groups is 1. The molecule has 0 aliphatic heterocycles. The number of fused-ring (bicyclic) bond motifs is 1. The molecule has 0 saturated carbocycles. The SMILES string of the molecule is O=C(Cc1cccc2ccccc12)N/N=C/c1ccccc1C(F)(F)F. The zero-order valence-corrected chi connectivity index (χ0v) is 13.6. The van der Waals surface area contributed by atoms with E-state index in [4.69, 9.17) is 0 Å². The molecule has 1 amide bonds. The number of benzene rings is 3. The third-order valence-electron chi connectivity index (χ3n) is 3.89. The largest absolute Gasteiger partial charge is 0.417 e. The van der Waals surface area contributed by atoms with E-state index < -0.39 is 17.6 Å². The zero-order chi connectivity index (χ0) is 18.6. The third-order valence-corrected chi connectivity index (χ3v) is 3.89. The Labute approximate surface area is 148 Å². The van der Waals surface area contributed by atoms with Gasteiger partial charge in [-0.05, 0) is 22.4 Å². The van der Waals surface area contributed by atoms with E-state index in [-0.39, 0.29) is 12.0 Å². The molecule has 0 atom stereocenters. The molecule has 0 aliphatic rings. The van der Waals surface area contributed by atoms with Crippen molar-refractivity contribution in [3.8, 4) is 0 Å². The quantitative estimate of drug-likeness (QED) is 0.541. The molecule has 26 heavy (non-hydrogen) atoms. The van der Waals surface area contributed by atoms with Crippen molar-refractivity contribution in [3.63, 3.8) is 0 Å². The van der Waals surface area contributed by atoms with Gasteiger partial charge in [-0.15, -0.1) is 0 Å². The maximum atomic E-state index is 12.9. The van der Waals surface area contributed by atoms with Crippen LogP contribution in [0.1, 0.15) is 16.7 Å². The Morgan fingerprint density at radius 2 is 1.65 bits per heavy atom. The van der Waals surface area contributed by atoms with Crippen molar-refractivity contribution in [1.29, 1.82) is 0 Å². The molecule has 0 saturated heterocycles. The van der Waals surface area contributed by atoms with Crippen LogP contribution in [0.2, 0.25) is 0 Å². The van der Waals surface area contributed by atoms with Crippen LogP contribution in [-0.4, -0.2) is 12.1 Å². The Hall–Kier alpha value is -3.15. The van der Waals surface area contributed by atoms with Crippen LogP contribution < -0.4 is 5.43 Å². The average Bonchev–Trinajstić information content (AvgIpc) is 2.62. The summed E-state index contributed by atoms with van der Waals surface area (Å²) in [6.07, 6.45) is -3.39. The summed E-state index contributed by atoms with van der Waals surface area (Å²) >= 11 is 0. The lowest BCUT2D eigenvalue weighted by molar-refractivity contribution is -0.137. The van der Waals surface area contributed by atoms with Crippen molar-refractivity contribution in [3.05, 3.63) is 83.4 Å². The number of carbonyl (C=O) groups is 1. The fraction of sp³-hybridized carbons (Fsp3) is 0.100. The first-order valence-electron chi connectivity index (χ1n) is 7.90. The van der Waals surface area contributed by atoms with Gasteiger partial charge >= 0.3 is 6.18 Å². The Bertz CT molecular complexity index is 959. The average molecular weight is 356 g/mol. The highest BCUT2D eigenvalue weighted by atomic mass is 19.4. The second kappa shape index (κ2) is 7.39. The van der Waals surface area contributed by atoms with Gasteiger partial charge < -0.3 is 0 Å². The van der Waals surface area contributed by atoms with E-state index in [0.717, 1.165) is 28.6 Å². The van der Waals surface area contributed by atoms with Crippen LogP contribution in [0.3, 0.4) is 0 Å². The Kier molecular flexibility index (Phi) is 5.02. The molecule has 0 fully saturated rings. The van der Waals surface area contributed by atoms with Crippen molar-refractivity contribution in [2.24, 2.45) is 5.10 Å². The van der Waals surface area contributed by atoms with Crippen molar-refractivity contribution in [2.75, 3.05) is 0 Å². The molecule has 132 valence electrons. The van der Waals surface area contributed by atoms with Gasteiger partial charge in [0.2, 0.25) is 5.91 Å². The van der Waals surface area contributed by atoms with Gasteiger partial charge in [0.25, 0.3) is 0 Å². The minimum absolute atomic E-state index is 0.0829. The molecule has 0 radical (unpaired) electrons. The summed E-state index contributed by atoms with van der Waals surface area (Å²) in [6, 6.07) is 18.4. The number of nitrogens with zero attached hydrogens (tertiary/aromatic N) is 1. The first-order valence-corrected chi connectivity index (χ1v) is 7.90. The lowest BCUT2D eigenvalue weighted by Crippen LogP contribution is -2.20. The molecular formula is C20H15F3N2O. The molecule has 0 bridgehead atoms. The number of amides is 1. The molecule has 3 aromatic rings. The van der Waals surface area contributed by atoms with Gasteiger partial charge in [0, 0.05) is 5.56 Å². The molecule has 0 heterocycles. The van der Waals surface area contributed by atoms with E-state index in [9.17, 15) is 18.0 Å². The van der Waals surface area contributed by atoms with Crippen LogP contribution in [0.5, 0.6) is 0 Å². The molecule has 3 aromatic carbocycles. The molecule has 0 spiro atoms. The standard InChI is InChI=1S/C20H15F3N2O/c21-20(22,23)18-11-4-2-7-16(18)13-24-25-19(26)12-15-9-5-8-14-6-1-3-10-17(14)15/h1-11,13H,12H2,(H,25,26)/b24-13+. The summed E-state index contributed by atoms with van der Waals surface area (Å²) in [7, 11) is 0. The number of nitrogens with one attached hydrogen (secondary N) is 1. The van der Waals surface area contributed by atoms with E-state index >= 15 is 0 Å². The van der Waals surface area contributed by atoms with E-state index in [1.54, 1.807) is 0 Å².